The van der Waals surface area contributed by atoms with E-state index in [9.17, 15) is 34.9 Å². The molecule has 0 saturated carbocycles. The fraction of sp³-hybridized carbons (Fsp3) is 0. The van der Waals surface area contributed by atoms with Crippen molar-refractivity contribution in [2.24, 2.45) is 0 Å². The first kappa shape index (κ1) is 20.9. The molecule has 11 nitrogen and oxygen atoms in total. The summed E-state index contributed by atoms with van der Waals surface area (Å²) in [6.45, 7) is 0. The van der Waals surface area contributed by atoms with Crippen molar-refractivity contribution in [3.8, 4) is 17.2 Å². The summed E-state index contributed by atoms with van der Waals surface area (Å²) < 4.78 is 10.2. The second-order valence-corrected chi connectivity index (χ2v) is 5.99. The number of rotatable bonds is 6. The average Bonchev–Trinajstić information content (AvgIpc) is 2.76. The number of para-hydroxylation sites is 1. The van der Waals surface area contributed by atoms with Crippen molar-refractivity contribution in [3.05, 3.63) is 98.1 Å². The van der Waals surface area contributed by atoms with Gasteiger partial charge in [0, 0.05) is 24.3 Å². The number of phenols is 1. The van der Waals surface area contributed by atoms with Gasteiger partial charge in [-0.1, -0.05) is 6.07 Å². The molecule has 0 amide bonds. The van der Waals surface area contributed by atoms with E-state index in [0.29, 0.717) is 0 Å². The SMILES string of the molecule is O=C(Oc1cccc(OC(=O)c2ccc([N+](=O)[O-])cc2)c1O)c1ccc([N+](=O)[O-])cc1. The number of hydrogen-bond donors (Lipinski definition) is 1. The zero-order chi connectivity index (χ0) is 22.5. The molecule has 3 aromatic carbocycles. The van der Waals surface area contributed by atoms with Crippen LogP contribution in [-0.4, -0.2) is 26.9 Å². The maximum atomic E-state index is 12.2. The minimum atomic E-state index is -0.899. The number of benzene rings is 3. The van der Waals surface area contributed by atoms with Crippen molar-refractivity contribution in [2.75, 3.05) is 0 Å². The lowest BCUT2D eigenvalue weighted by Crippen LogP contribution is -2.10. The van der Waals surface area contributed by atoms with Crippen LogP contribution in [0.3, 0.4) is 0 Å². The van der Waals surface area contributed by atoms with E-state index in [1.807, 2.05) is 0 Å². The van der Waals surface area contributed by atoms with Gasteiger partial charge in [-0.2, -0.15) is 0 Å². The Bertz CT molecular complexity index is 1080. The minimum Gasteiger partial charge on any atom is -0.502 e. The molecule has 0 heterocycles. The van der Waals surface area contributed by atoms with Crippen molar-refractivity contribution >= 4 is 23.3 Å². The summed E-state index contributed by atoms with van der Waals surface area (Å²) in [5.41, 5.74) is -0.421. The third-order valence-electron chi connectivity index (χ3n) is 3.99. The number of ether oxygens (including phenoxy) is 2. The van der Waals surface area contributed by atoms with E-state index >= 15 is 0 Å². The van der Waals surface area contributed by atoms with Crippen molar-refractivity contribution in [1.29, 1.82) is 0 Å². The van der Waals surface area contributed by atoms with Crippen LogP contribution in [0.5, 0.6) is 17.2 Å². The van der Waals surface area contributed by atoms with Gasteiger partial charge in [0.2, 0.25) is 5.75 Å². The van der Waals surface area contributed by atoms with E-state index in [0.717, 1.165) is 24.3 Å². The molecule has 31 heavy (non-hydrogen) atoms. The van der Waals surface area contributed by atoms with E-state index < -0.39 is 27.5 Å². The Morgan fingerprint density at radius 2 is 1.03 bits per heavy atom. The molecule has 11 heteroatoms. The number of esters is 2. The van der Waals surface area contributed by atoms with Crippen molar-refractivity contribution in [3.63, 3.8) is 0 Å². The number of phenolic OH excluding ortho intramolecular Hbond substituents is 1. The highest BCUT2D eigenvalue weighted by atomic mass is 16.6. The Balaban J connectivity index is 1.74. The molecule has 0 aliphatic heterocycles. The molecule has 0 fully saturated rings. The van der Waals surface area contributed by atoms with E-state index in [4.69, 9.17) is 9.47 Å². The third-order valence-corrected chi connectivity index (χ3v) is 3.99. The predicted molar refractivity (Wildman–Crippen MR) is 104 cm³/mol. The van der Waals surface area contributed by atoms with E-state index in [1.54, 1.807) is 0 Å². The highest BCUT2D eigenvalue weighted by molar-refractivity contribution is 5.93. The van der Waals surface area contributed by atoms with Crippen LogP contribution in [-0.2, 0) is 0 Å². The first-order valence-electron chi connectivity index (χ1n) is 8.51. The normalized spacial score (nSPS) is 10.2. The zero-order valence-electron chi connectivity index (χ0n) is 15.5. The van der Waals surface area contributed by atoms with Crippen LogP contribution >= 0.6 is 0 Å². The third kappa shape index (κ3) is 4.79. The average molecular weight is 424 g/mol. The summed E-state index contributed by atoms with van der Waals surface area (Å²) in [4.78, 5) is 44.6. The number of non-ortho nitro benzene ring substituents is 2. The first-order valence-corrected chi connectivity index (χ1v) is 8.51. The molecule has 0 atom stereocenters. The van der Waals surface area contributed by atoms with Gasteiger partial charge in [-0.25, -0.2) is 9.59 Å². The largest absolute Gasteiger partial charge is 0.502 e. The first-order chi connectivity index (χ1) is 14.8. The molecule has 0 unspecified atom stereocenters. The van der Waals surface area contributed by atoms with Crippen molar-refractivity contribution < 1.29 is 34.0 Å². The fourth-order valence-electron chi connectivity index (χ4n) is 2.42. The second-order valence-electron chi connectivity index (χ2n) is 5.99. The molecule has 0 radical (unpaired) electrons. The molecule has 0 spiro atoms. The summed E-state index contributed by atoms with van der Waals surface area (Å²) in [7, 11) is 0. The van der Waals surface area contributed by atoms with Gasteiger partial charge in [-0.3, -0.25) is 20.2 Å². The van der Waals surface area contributed by atoms with Crippen LogP contribution in [0.15, 0.2) is 66.7 Å². The molecule has 1 N–H and O–H groups in total. The Morgan fingerprint density at radius 3 is 1.35 bits per heavy atom. The molecule has 0 saturated heterocycles. The molecule has 3 aromatic rings. The van der Waals surface area contributed by atoms with Crippen LogP contribution in [0.1, 0.15) is 20.7 Å². The smallest absolute Gasteiger partial charge is 0.343 e. The molecule has 0 bridgehead atoms. The van der Waals surface area contributed by atoms with Crippen molar-refractivity contribution in [1.82, 2.24) is 0 Å². The minimum absolute atomic E-state index is 0.00159. The topological polar surface area (TPSA) is 159 Å². The van der Waals surface area contributed by atoms with Gasteiger partial charge in [0.05, 0.1) is 21.0 Å². The van der Waals surface area contributed by atoms with Crippen LogP contribution in [0.4, 0.5) is 11.4 Å². The van der Waals surface area contributed by atoms with Gasteiger partial charge in [-0.15, -0.1) is 0 Å². The Labute approximate surface area is 173 Å². The highest BCUT2D eigenvalue weighted by Crippen LogP contribution is 2.36. The Morgan fingerprint density at radius 1 is 0.677 bits per heavy atom. The molecule has 0 aromatic heterocycles. The summed E-state index contributed by atoms with van der Waals surface area (Å²) in [6, 6.07) is 13.1. The molecule has 0 aliphatic rings. The predicted octanol–water partition coefficient (Wildman–Crippen LogP) is 3.65. The summed E-state index contributed by atoms with van der Waals surface area (Å²) in [5, 5.41) is 31.6. The Kier molecular flexibility index (Phi) is 5.87. The molecule has 156 valence electrons. The number of aromatic hydroxyl groups is 1. The molecular weight excluding hydrogens is 412 g/mol. The second kappa shape index (κ2) is 8.69. The van der Waals surface area contributed by atoms with Crippen LogP contribution in [0.2, 0.25) is 0 Å². The lowest BCUT2D eigenvalue weighted by atomic mass is 10.2. The number of carbonyl (C=O) groups is 2. The van der Waals surface area contributed by atoms with E-state index in [2.05, 4.69) is 0 Å². The van der Waals surface area contributed by atoms with Gasteiger partial charge in [0.15, 0.2) is 11.5 Å². The molecule has 0 aliphatic carbocycles. The van der Waals surface area contributed by atoms with Crippen molar-refractivity contribution in [2.45, 2.75) is 0 Å². The number of nitro groups is 2. The molecular formula is C20H12N2O9. The van der Waals surface area contributed by atoms with Gasteiger partial charge >= 0.3 is 11.9 Å². The fourth-order valence-corrected chi connectivity index (χ4v) is 2.42. The lowest BCUT2D eigenvalue weighted by molar-refractivity contribution is -0.385. The van der Waals surface area contributed by atoms with Crippen LogP contribution < -0.4 is 9.47 Å². The number of hydrogen-bond acceptors (Lipinski definition) is 9. The quantitative estimate of drug-likeness (QED) is 0.270. The van der Waals surface area contributed by atoms with E-state index in [-0.39, 0.29) is 34.0 Å². The van der Waals surface area contributed by atoms with Crippen LogP contribution in [0, 0.1) is 20.2 Å². The van der Waals surface area contributed by atoms with E-state index in [1.165, 1.54) is 42.5 Å². The highest BCUT2D eigenvalue weighted by Gasteiger charge is 2.19. The zero-order valence-corrected chi connectivity index (χ0v) is 15.5. The number of carbonyl (C=O) groups excluding carboxylic acids is 2. The van der Waals surface area contributed by atoms with Gasteiger partial charge in [0.1, 0.15) is 0 Å². The summed E-state index contributed by atoms with van der Waals surface area (Å²) in [6.07, 6.45) is 0. The van der Waals surface area contributed by atoms with Gasteiger partial charge in [-0.05, 0) is 36.4 Å². The number of nitrogens with zero attached hydrogens (tertiary/aromatic N) is 2. The number of nitro benzene ring substituents is 2. The monoisotopic (exact) mass is 424 g/mol. The maximum Gasteiger partial charge on any atom is 0.343 e. The molecule has 3 rings (SSSR count). The standard InChI is InChI=1S/C20H12N2O9/c23-18-16(30-19(24)12-4-8-14(9-5-12)21(26)27)2-1-3-17(18)31-20(25)13-6-10-15(11-7-13)22(28)29/h1-11,23H. The lowest BCUT2D eigenvalue weighted by Gasteiger charge is -2.10. The Hall–Kier alpha value is -4.80. The van der Waals surface area contributed by atoms with Gasteiger partial charge in [0.25, 0.3) is 11.4 Å². The van der Waals surface area contributed by atoms with Crippen LogP contribution in [0.25, 0.3) is 0 Å². The van der Waals surface area contributed by atoms with Gasteiger partial charge < -0.3 is 14.6 Å². The summed E-state index contributed by atoms with van der Waals surface area (Å²) in [5.74, 6) is -3.05. The maximum absolute atomic E-state index is 12.2. The summed E-state index contributed by atoms with van der Waals surface area (Å²) >= 11 is 0.